The first-order chi connectivity index (χ1) is 13.9. The van der Waals surface area contributed by atoms with Gasteiger partial charge in [0.25, 0.3) is 11.4 Å². The Morgan fingerprint density at radius 2 is 1.86 bits per heavy atom. The number of rotatable bonds is 5. The normalized spacial score (nSPS) is 17.7. The van der Waals surface area contributed by atoms with Crippen molar-refractivity contribution < 1.29 is 19.5 Å². The first kappa shape index (κ1) is 20.1. The second-order valence-corrected chi connectivity index (χ2v) is 6.83. The van der Waals surface area contributed by atoms with Crippen molar-refractivity contribution in [2.45, 2.75) is 38.5 Å². The Morgan fingerprint density at radius 3 is 2.55 bits per heavy atom. The molecule has 1 aliphatic rings. The fourth-order valence-corrected chi connectivity index (χ4v) is 3.49. The molecule has 0 saturated heterocycles. The molecule has 1 atom stereocenters. The minimum Gasteiger partial charge on any atom is -0.313 e. The molecule has 0 bridgehead atoms. The highest BCUT2D eigenvalue weighted by Crippen LogP contribution is 2.37. The second kappa shape index (κ2) is 8.59. The molecule has 1 saturated carbocycles. The van der Waals surface area contributed by atoms with Gasteiger partial charge in [-0.15, -0.1) is 0 Å². The molecule has 1 fully saturated rings. The number of nitro groups is 2. The van der Waals surface area contributed by atoms with Gasteiger partial charge in [-0.3, -0.25) is 20.2 Å². The van der Waals surface area contributed by atoms with Crippen LogP contribution in [-0.2, 0) is 4.84 Å². The number of carbonyl (C=O) groups excluding carboxylic acids is 1. The number of hydrogen-bond donors (Lipinski definition) is 0. The van der Waals surface area contributed by atoms with Crippen molar-refractivity contribution >= 4 is 23.1 Å². The van der Waals surface area contributed by atoms with Crippen LogP contribution in [0, 0.1) is 27.2 Å². The molecule has 2 aromatic carbocycles. The van der Waals surface area contributed by atoms with Crippen molar-refractivity contribution in [2.24, 2.45) is 5.16 Å². The summed E-state index contributed by atoms with van der Waals surface area (Å²) in [7, 11) is 0. The average Bonchev–Trinajstić information content (AvgIpc) is 2.72. The van der Waals surface area contributed by atoms with Gasteiger partial charge in [-0.1, -0.05) is 29.8 Å². The summed E-state index contributed by atoms with van der Waals surface area (Å²) < 4.78 is 0. The summed E-state index contributed by atoms with van der Waals surface area (Å²) in [4.78, 5) is 38.6. The molecule has 2 aromatic rings. The Kier molecular flexibility index (Phi) is 5.96. The van der Waals surface area contributed by atoms with Crippen LogP contribution in [0.15, 0.2) is 47.6 Å². The van der Waals surface area contributed by atoms with Crippen molar-refractivity contribution in [3.8, 4) is 0 Å². The molecular formula is C20H19N3O6. The Labute approximate surface area is 166 Å². The fourth-order valence-electron chi connectivity index (χ4n) is 3.49. The maximum absolute atomic E-state index is 12.3. The van der Waals surface area contributed by atoms with Gasteiger partial charge in [0.15, 0.2) is 0 Å². The van der Waals surface area contributed by atoms with Crippen LogP contribution >= 0.6 is 0 Å². The number of aryl methyl sites for hydroxylation is 1. The van der Waals surface area contributed by atoms with E-state index < -0.39 is 21.7 Å². The van der Waals surface area contributed by atoms with Gasteiger partial charge in [-0.2, -0.15) is 0 Å². The molecule has 0 spiro atoms. The lowest BCUT2D eigenvalue weighted by Gasteiger charge is -2.23. The van der Waals surface area contributed by atoms with Gasteiger partial charge in [0.05, 0.1) is 27.2 Å². The van der Waals surface area contributed by atoms with Gasteiger partial charge in [0.1, 0.15) is 0 Å². The smallest absolute Gasteiger partial charge is 0.313 e. The van der Waals surface area contributed by atoms with Crippen LogP contribution < -0.4 is 0 Å². The van der Waals surface area contributed by atoms with Crippen molar-refractivity contribution in [2.75, 3.05) is 0 Å². The number of oxime groups is 1. The largest absolute Gasteiger partial charge is 0.365 e. The molecule has 0 aliphatic heterocycles. The van der Waals surface area contributed by atoms with E-state index in [-0.39, 0.29) is 11.4 Å². The molecule has 29 heavy (non-hydrogen) atoms. The summed E-state index contributed by atoms with van der Waals surface area (Å²) in [6.07, 6.45) is 2.75. The highest BCUT2D eigenvalue weighted by Gasteiger charge is 2.31. The van der Waals surface area contributed by atoms with E-state index in [9.17, 15) is 25.0 Å². The first-order valence-corrected chi connectivity index (χ1v) is 9.15. The molecule has 1 aliphatic carbocycles. The Balaban J connectivity index is 1.91. The number of hydrogen-bond acceptors (Lipinski definition) is 7. The number of benzene rings is 2. The zero-order valence-corrected chi connectivity index (χ0v) is 15.7. The number of nitrogens with zero attached hydrogens (tertiary/aromatic N) is 3. The summed E-state index contributed by atoms with van der Waals surface area (Å²) in [5, 5.41) is 26.5. The van der Waals surface area contributed by atoms with Crippen molar-refractivity contribution in [3.63, 3.8) is 0 Å². The van der Waals surface area contributed by atoms with E-state index in [0.29, 0.717) is 29.7 Å². The van der Waals surface area contributed by atoms with Gasteiger partial charge >= 0.3 is 5.97 Å². The third-order valence-corrected chi connectivity index (χ3v) is 4.99. The summed E-state index contributed by atoms with van der Waals surface area (Å²) in [5.74, 6) is -1.03. The van der Waals surface area contributed by atoms with Gasteiger partial charge < -0.3 is 4.84 Å². The summed E-state index contributed by atoms with van der Waals surface area (Å²) >= 11 is 0. The molecule has 0 N–H and O–H groups in total. The highest BCUT2D eigenvalue weighted by atomic mass is 16.7. The summed E-state index contributed by atoms with van der Waals surface area (Å²) in [6, 6.07) is 10.5. The lowest BCUT2D eigenvalue weighted by Crippen LogP contribution is -2.20. The number of carbonyl (C=O) groups is 1. The van der Waals surface area contributed by atoms with Crippen molar-refractivity contribution in [1.82, 2.24) is 0 Å². The lowest BCUT2D eigenvalue weighted by molar-refractivity contribution is -0.394. The zero-order chi connectivity index (χ0) is 21.0. The van der Waals surface area contributed by atoms with Crippen LogP contribution in [-0.4, -0.2) is 21.5 Å². The molecule has 0 amide bonds. The zero-order valence-electron chi connectivity index (χ0n) is 15.7. The third-order valence-electron chi connectivity index (χ3n) is 4.99. The van der Waals surface area contributed by atoms with Crippen LogP contribution in [0.3, 0.4) is 0 Å². The van der Waals surface area contributed by atoms with E-state index in [0.717, 1.165) is 24.5 Å². The standard InChI is InChI=1S/C20H19N3O6/c1-13-6-2-3-7-15(13)20(24)29-21-18-9-5-4-8-16(18)17-11-10-14(22(25)26)12-19(17)23(27)28/h2-3,6-7,10-12,16H,4-5,8-9H2,1H3. The van der Waals surface area contributed by atoms with E-state index >= 15 is 0 Å². The topological polar surface area (TPSA) is 125 Å². The predicted octanol–water partition coefficient (Wildman–Crippen LogP) is 4.68. The van der Waals surface area contributed by atoms with Crippen molar-refractivity contribution in [3.05, 3.63) is 79.4 Å². The predicted molar refractivity (Wildman–Crippen MR) is 105 cm³/mol. The monoisotopic (exact) mass is 397 g/mol. The maximum Gasteiger partial charge on any atom is 0.365 e. The van der Waals surface area contributed by atoms with Crippen LogP contribution in [0.4, 0.5) is 11.4 Å². The van der Waals surface area contributed by atoms with E-state index in [1.165, 1.54) is 12.1 Å². The van der Waals surface area contributed by atoms with E-state index in [1.807, 2.05) is 6.07 Å². The van der Waals surface area contributed by atoms with Crippen LogP contribution in [0.25, 0.3) is 0 Å². The first-order valence-electron chi connectivity index (χ1n) is 9.15. The molecule has 9 nitrogen and oxygen atoms in total. The molecular weight excluding hydrogens is 378 g/mol. The Bertz CT molecular complexity index is 1000. The minimum absolute atomic E-state index is 0.330. The maximum atomic E-state index is 12.3. The van der Waals surface area contributed by atoms with Crippen molar-refractivity contribution in [1.29, 1.82) is 0 Å². The lowest BCUT2D eigenvalue weighted by atomic mass is 9.81. The van der Waals surface area contributed by atoms with Gasteiger partial charge in [0, 0.05) is 17.5 Å². The van der Waals surface area contributed by atoms with Gasteiger partial charge in [0.2, 0.25) is 0 Å². The quantitative estimate of drug-likeness (QED) is 0.410. The summed E-state index contributed by atoms with van der Waals surface area (Å²) in [5.41, 5.74) is 1.33. The van der Waals surface area contributed by atoms with Gasteiger partial charge in [-0.25, -0.2) is 4.79 Å². The molecule has 0 radical (unpaired) electrons. The number of non-ortho nitro benzene ring substituents is 1. The fraction of sp³-hybridized carbons (Fsp3) is 0.300. The summed E-state index contributed by atoms with van der Waals surface area (Å²) in [6.45, 7) is 1.79. The third kappa shape index (κ3) is 4.45. The molecule has 1 unspecified atom stereocenters. The van der Waals surface area contributed by atoms with E-state index in [1.54, 1.807) is 25.1 Å². The molecule has 0 aromatic heterocycles. The Morgan fingerprint density at radius 1 is 1.10 bits per heavy atom. The highest BCUT2D eigenvalue weighted by molar-refractivity contribution is 5.94. The van der Waals surface area contributed by atoms with Gasteiger partial charge in [-0.05, 0) is 43.9 Å². The number of nitro benzene ring substituents is 2. The van der Waals surface area contributed by atoms with Crippen LogP contribution in [0.2, 0.25) is 0 Å². The Hall–Kier alpha value is -3.62. The molecule has 0 heterocycles. The van der Waals surface area contributed by atoms with Crippen LogP contribution in [0.1, 0.15) is 53.1 Å². The van der Waals surface area contributed by atoms with E-state index in [2.05, 4.69) is 5.16 Å². The molecule has 3 rings (SSSR count). The molecule has 150 valence electrons. The van der Waals surface area contributed by atoms with Crippen LogP contribution in [0.5, 0.6) is 0 Å². The minimum atomic E-state index is -0.670. The SMILES string of the molecule is Cc1ccccc1C(=O)ON=C1CCCCC1c1ccc([N+](=O)[O-])cc1[N+](=O)[O-]. The molecule has 9 heteroatoms. The average molecular weight is 397 g/mol. The van der Waals surface area contributed by atoms with E-state index in [4.69, 9.17) is 4.84 Å². The second-order valence-electron chi connectivity index (χ2n) is 6.83.